The molecule has 0 spiro atoms. The Morgan fingerprint density at radius 1 is 1.45 bits per heavy atom. The summed E-state index contributed by atoms with van der Waals surface area (Å²) in [5.41, 5.74) is 0.409. The number of sulfonamides is 1. The van der Waals surface area contributed by atoms with E-state index in [4.69, 9.17) is 11.6 Å². The van der Waals surface area contributed by atoms with Crippen molar-refractivity contribution in [2.45, 2.75) is 11.8 Å². The first-order valence-electron chi connectivity index (χ1n) is 5.77. The SMILES string of the molecule is CC(=O)NCCN=C1Nc2ccc(Cl)cc2S(=O)(=O)N1. The molecule has 1 aromatic carbocycles. The molecule has 2 rings (SSSR count). The summed E-state index contributed by atoms with van der Waals surface area (Å²) in [5.74, 6) is -0.0486. The highest BCUT2D eigenvalue weighted by atomic mass is 35.5. The molecule has 0 radical (unpaired) electrons. The summed E-state index contributed by atoms with van der Waals surface area (Å²) in [7, 11) is -3.68. The van der Waals surface area contributed by atoms with Gasteiger partial charge in [0, 0.05) is 18.5 Å². The monoisotopic (exact) mass is 316 g/mol. The van der Waals surface area contributed by atoms with E-state index in [2.05, 4.69) is 20.3 Å². The molecule has 0 bridgehead atoms. The lowest BCUT2D eigenvalue weighted by atomic mass is 10.3. The molecule has 20 heavy (non-hydrogen) atoms. The minimum Gasteiger partial charge on any atom is -0.354 e. The number of nitrogens with zero attached hydrogens (tertiary/aromatic N) is 1. The van der Waals surface area contributed by atoms with Gasteiger partial charge in [0.1, 0.15) is 4.90 Å². The van der Waals surface area contributed by atoms with Crippen LogP contribution in [0.5, 0.6) is 0 Å². The number of anilines is 1. The minimum atomic E-state index is -3.68. The predicted molar refractivity (Wildman–Crippen MR) is 76.4 cm³/mol. The smallest absolute Gasteiger partial charge is 0.266 e. The fourth-order valence-electron chi connectivity index (χ4n) is 1.63. The molecule has 0 aliphatic carbocycles. The Labute approximate surface area is 121 Å². The number of carbonyl (C=O) groups is 1. The number of nitrogens with one attached hydrogen (secondary N) is 3. The van der Waals surface area contributed by atoms with Gasteiger partial charge in [-0.05, 0) is 18.2 Å². The van der Waals surface area contributed by atoms with E-state index in [1.165, 1.54) is 13.0 Å². The van der Waals surface area contributed by atoms with Crippen LogP contribution < -0.4 is 15.4 Å². The zero-order valence-electron chi connectivity index (χ0n) is 10.6. The average Bonchev–Trinajstić information content (AvgIpc) is 2.35. The Balaban J connectivity index is 2.16. The number of benzene rings is 1. The molecule has 1 amide bonds. The maximum Gasteiger partial charge on any atom is 0.266 e. The molecule has 0 saturated carbocycles. The van der Waals surface area contributed by atoms with E-state index in [0.29, 0.717) is 17.3 Å². The van der Waals surface area contributed by atoms with E-state index >= 15 is 0 Å². The van der Waals surface area contributed by atoms with Gasteiger partial charge in [-0.3, -0.25) is 9.79 Å². The third kappa shape index (κ3) is 3.40. The predicted octanol–water partition coefficient (Wildman–Crippen LogP) is 0.536. The Kier molecular flexibility index (Phi) is 4.15. The quantitative estimate of drug-likeness (QED) is 0.708. The molecular formula is C11H13ClN4O3S. The summed E-state index contributed by atoms with van der Waals surface area (Å²) in [5, 5.41) is 5.76. The molecule has 1 aromatic rings. The number of hydrogen-bond donors (Lipinski definition) is 3. The third-order valence-electron chi connectivity index (χ3n) is 2.47. The molecule has 1 heterocycles. The number of halogens is 1. The zero-order chi connectivity index (χ0) is 14.8. The molecule has 0 fully saturated rings. The number of aliphatic imine (C=N–C) groups is 1. The highest BCUT2D eigenvalue weighted by Crippen LogP contribution is 2.27. The summed E-state index contributed by atoms with van der Waals surface area (Å²) >= 11 is 5.78. The van der Waals surface area contributed by atoms with Gasteiger partial charge in [-0.2, -0.15) is 0 Å². The molecule has 3 N–H and O–H groups in total. The number of rotatable bonds is 3. The first-order chi connectivity index (χ1) is 9.38. The zero-order valence-corrected chi connectivity index (χ0v) is 12.2. The fourth-order valence-corrected chi connectivity index (χ4v) is 3.04. The van der Waals surface area contributed by atoms with E-state index < -0.39 is 10.0 Å². The van der Waals surface area contributed by atoms with Crippen LogP contribution in [0.1, 0.15) is 6.92 Å². The first-order valence-corrected chi connectivity index (χ1v) is 7.63. The average molecular weight is 317 g/mol. The van der Waals surface area contributed by atoms with E-state index in [9.17, 15) is 13.2 Å². The van der Waals surface area contributed by atoms with E-state index in [1.54, 1.807) is 12.1 Å². The van der Waals surface area contributed by atoms with Gasteiger partial charge in [0.25, 0.3) is 10.0 Å². The van der Waals surface area contributed by atoms with Crippen LogP contribution in [0.2, 0.25) is 5.02 Å². The second kappa shape index (κ2) is 5.68. The fraction of sp³-hybridized carbons (Fsp3) is 0.273. The molecule has 0 unspecified atom stereocenters. The molecule has 7 nitrogen and oxygen atoms in total. The number of fused-ring (bicyclic) bond motifs is 1. The summed E-state index contributed by atoms with van der Waals surface area (Å²) in [6.07, 6.45) is 0. The molecule has 108 valence electrons. The normalized spacial score (nSPS) is 17.8. The molecule has 1 aliphatic heterocycles. The van der Waals surface area contributed by atoms with Crippen molar-refractivity contribution in [1.82, 2.24) is 10.0 Å². The molecule has 1 aliphatic rings. The molecule has 0 saturated heterocycles. The van der Waals surface area contributed by atoms with Gasteiger partial charge in [-0.25, -0.2) is 13.1 Å². The van der Waals surface area contributed by atoms with Gasteiger partial charge < -0.3 is 10.6 Å². The Morgan fingerprint density at radius 3 is 2.90 bits per heavy atom. The molecule has 0 aromatic heterocycles. The van der Waals surface area contributed by atoms with Gasteiger partial charge >= 0.3 is 0 Å². The van der Waals surface area contributed by atoms with Crippen LogP contribution in [0.4, 0.5) is 5.69 Å². The number of amides is 1. The van der Waals surface area contributed by atoms with Crippen molar-refractivity contribution < 1.29 is 13.2 Å². The number of carbonyl (C=O) groups excluding carboxylic acids is 1. The lowest BCUT2D eigenvalue weighted by molar-refractivity contribution is -0.118. The summed E-state index contributed by atoms with van der Waals surface area (Å²) in [4.78, 5) is 14.8. The Morgan fingerprint density at radius 2 is 2.20 bits per heavy atom. The van der Waals surface area contributed by atoms with Crippen molar-refractivity contribution in [3.63, 3.8) is 0 Å². The van der Waals surface area contributed by atoms with Crippen molar-refractivity contribution >= 4 is 39.2 Å². The van der Waals surface area contributed by atoms with Crippen LogP contribution in [-0.4, -0.2) is 33.4 Å². The van der Waals surface area contributed by atoms with Crippen LogP contribution in [0.25, 0.3) is 0 Å². The summed E-state index contributed by atoms with van der Waals surface area (Å²) < 4.78 is 26.3. The number of hydrogen-bond acceptors (Lipinski definition) is 4. The van der Waals surface area contributed by atoms with Gasteiger partial charge in [-0.15, -0.1) is 0 Å². The van der Waals surface area contributed by atoms with Gasteiger partial charge in [-0.1, -0.05) is 11.6 Å². The Bertz CT molecular complexity index is 672. The van der Waals surface area contributed by atoms with Crippen LogP contribution in [-0.2, 0) is 14.8 Å². The van der Waals surface area contributed by atoms with Crippen molar-refractivity contribution in [1.29, 1.82) is 0 Å². The van der Waals surface area contributed by atoms with Crippen LogP contribution in [0.15, 0.2) is 28.1 Å². The van der Waals surface area contributed by atoms with E-state index in [1.807, 2.05) is 0 Å². The van der Waals surface area contributed by atoms with Crippen LogP contribution in [0.3, 0.4) is 0 Å². The van der Waals surface area contributed by atoms with Gasteiger partial charge in [0.05, 0.1) is 12.2 Å². The van der Waals surface area contributed by atoms with Gasteiger partial charge in [0.2, 0.25) is 11.9 Å². The first kappa shape index (κ1) is 14.6. The second-order valence-electron chi connectivity index (χ2n) is 4.08. The molecule has 9 heteroatoms. The topological polar surface area (TPSA) is 99.7 Å². The molecular weight excluding hydrogens is 304 g/mol. The highest BCUT2D eigenvalue weighted by Gasteiger charge is 2.26. The van der Waals surface area contributed by atoms with Crippen molar-refractivity contribution in [3.05, 3.63) is 23.2 Å². The second-order valence-corrected chi connectivity index (χ2v) is 6.17. The van der Waals surface area contributed by atoms with Crippen LogP contribution in [0, 0.1) is 0 Å². The largest absolute Gasteiger partial charge is 0.354 e. The van der Waals surface area contributed by atoms with E-state index in [-0.39, 0.29) is 23.3 Å². The molecule has 0 atom stereocenters. The minimum absolute atomic E-state index is 0.0748. The Hall–Kier alpha value is -1.80. The van der Waals surface area contributed by atoms with Gasteiger partial charge in [0.15, 0.2) is 0 Å². The lowest BCUT2D eigenvalue weighted by Crippen LogP contribution is -2.41. The van der Waals surface area contributed by atoms with Crippen LogP contribution >= 0.6 is 11.6 Å². The maximum absolute atomic E-state index is 12.0. The van der Waals surface area contributed by atoms with Crippen molar-refractivity contribution in [3.8, 4) is 0 Å². The lowest BCUT2D eigenvalue weighted by Gasteiger charge is -2.21. The van der Waals surface area contributed by atoms with Crippen molar-refractivity contribution in [2.24, 2.45) is 4.99 Å². The van der Waals surface area contributed by atoms with Crippen molar-refractivity contribution in [2.75, 3.05) is 18.4 Å². The third-order valence-corrected chi connectivity index (χ3v) is 4.09. The summed E-state index contributed by atoms with van der Waals surface area (Å²) in [6, 6.07) is 4.52. The van der Waals surface area contributed by atoms with E-state index in [0.717, 1.165) is 0 Å². The standard InChI is InChI=1S/C11H13ClN4O3S/c1-7(17)13-4-5-14-11-15-9-3-2-8(12)6-10(9)20(18,19)16-11/h2-3,6H,4-5H2,1H3,(H,13,17)(H2,14,15,16). The maximum atomic E-state index is 12.0. The number of guanidine groups is 1. The summed E-state index contributed by atoms with van der Waals surface area (Å²) in [6.45, 7) is 1.98. The highest BCUT2D eigenvalue weighted by molar-refractivity contribution is 7.90.